The van der Waals surface area contributed by atoms with Crippen molar-refractivity contribution < 1.29 is 19.8 Å². The van der Waals surface area contributed by atoms with Crippen molar-refractivity contribution in [1.82, 2.24) is 0 Å². The zero-order chi connectivity index (χ0) is 28.8. The number of halogens is 2. The van der Waals surface area contributed by atoms with Crippen LogP contribution in [0.4, 0.5) is 32.3 Å². The van der Waals surface area contributed by atoms with Crippen LogP contribution in [0.1, 0.15) is 34.5 Å². The summed E-state index contributed by atoms with van der Waals surface area (Å²) in [6.07, 6.45) is -0.336. The van der Waals surface area contributed by atoms with Gasteiger partial charge in [0.1, 0.15) is 0 Å². The molecule has 1 unspecified atom stereocenters. The first kappa shape index (κ1) is 29.8. The number of fused-ring (bicyclic) bond motifs is 4. The predicted octanol–water partition coefficient (Wildman–Crippen LogP) is 6.76. The molecular weight excluding hydrogens is 734 g/mol. The Kier molecular flexibility index (Phi) is 10.0. The SMILES string of the molecule is II.NC(=O)N1c2ccccc2CC(O)c2ccccc21.NC(=O)N1c2ccccc2C[C@H](O)c2ccccc21. The molecule has 0 bridgehead atoms. The van der Waals surface area contributed by atoms with Gasteiger partial charge in [-0.3, -0.25) is 9.80 Å². The first-order valence-corrected chi connectivity index (χ1v) is 18.7. The molecule has 0 saturated carbocycles. The maximum Gasteiger partial charge on any atom is 0.323 e. The molecule has 2 heterocycles. The number of hydrogen-bond donors (Lipinski definition) is 4. The van der Waals surface area contributed by atoms with E-state index in [0.29, 0.717) is 24.2 Å². The summed E-state index contributed by atoms with van der Waals surface area (Å²) in [5.41, 5.74) is 17.1. The van der Waals surface area contributed by atoms with E-state index in [9.17, 15) is 19.8 Å². The number of anilines is 4. The molecule has 40 heavy (non-hydrogen) atoms. The Morgan fingerprint density at radius 3 is 1.23 bits per heavy atom. The molecule has 0 spiro atoms. The van der Waals surface area contributed by atoms with E-state index in [1.165, 1.54) is 9.80 Å². The lowest BCUT2D eigenvalue weighted by atomic mass is 10.0. The van der Waals surface area contributed by atoms with Crippen LogP contribution in [0.5, 0.6) is 0 Å². The summed E-state index contributed by atoms with van der Waals surface area (Å²) in [5, 5.41) is 20.6. The summed E-state index contributed by atoms with van der Waals surface area (Å²) < 4.78 is 0. The number of rotatable bonds is 0. The number of para-hydroxylation sites is 4. The molecule has 0 fully saturated rings. The van der Waals surface area contributed by atoms with E-state index in [-0.39, 0.29) is 0 Å². The zero-order valence-corrected chi connectivity index (χ0v) is 25.6. The highest BCUT2D eigenvalue weighted by Crippen LogP contribution is 2.40. The Morgan fingerprint density at radius 2 is 0.875 bits per heavy atom. The summed E-state index contributed by atoms with van der Waals surface area (Å²) in [4.78, 5) is 26.5. The Hall–Kier alpha value is -3.20. The predicted molar refractivity (Wildman–Crippen MR) is 175 cm³/mol. The second-order valence-electron chi connectivity index (χ2n) is 9.16. The van der Waals surface area contributed by atoms with Gasteiger partial charge in [-0.1, -0.05) is 72.8 Å². The minimum Gasteiger partial charge on any atom is -0.388 e. The van der Waals surface area contributed by atoms with Crippen molar-refractivity contribution in [2.45, 2.75) is 25.0 Å². The number of nitrogens with two attached hydrogens (primary N) is 2. The van der Waals surface area contributed by atoms with E-state index < -0.39 is 24.3 Å². The Labute approximate surface area is 255 Å². The number of carbonyl (C=O) groups excluding carboxylic acids is 2. The maximum absolute atomic E-state index is 11.8. The molecule has 4 aromatic rings. The number of benzene rings is 4. The molecule has 6 rings (SSSR count). The van der Waals surface area contributed by atoms with Crippen molar-refractivity contribution >= 4 is 72.0 Å². The van der Waals surface area contributed by atoms with Crippen LogP contribution >= 0.6 is 37.2 Å². The number of amides is 4. The fraction of sp³-hybridized carbons (Fsp3) is 0.133. The second kappa shape index (κ2) is 13.4. The molecule has 0 saturated heterocycles. The Morgan fingerprint density at radius 1 is 0.575 bits per heavy atom. The third-order valence-corrected chi connectivity index (χ3v) is 6.81. The zero-order valence-electron chi connectivity index (χ0n) is 21.3. The van der Waals surface area contributed by atoms with Gasteiger partial charge in [0.25, 0.3) is 0 Å². The molecule has 2 atom stereocenters. The molecule has 0 radical (unpaired) electrons. The molecule has 2 aliphatic rings. The lowest BCUT2D eigenvalue weighted by Crippen LogP contribution is -2.32. The lowest BCUT2D eigenvalue weighted by molar-refractivity contribution is 0.179. The summed E-state index contributed by atoms with van der Waals surface area (Å²) in [6.45, 7) is 0. The van der Waals surface area contributed by atoms with Gasteiger partial charge in [-0.2, -0.15) is 0 Å². The molecule has 10 heteroatoms. The average molecular weight is 762 g/mol. The third kappa shape index (κ3) is 6.09. The van der Waals surface area contributed by atoms with E-state index in [1.807, 2.05) is 84.9 Å². The largest absolute Gasteiger partial charge is 0.388 e. The van der Waals surface area contributed by atoms with Gasteiger partial charge in [0.05, 0.1) is 35.0 Å². The topological polar surface area (TPSA) is 133 Å². The van der Waals surface area contributed by atoms with Crippen molar-refractivity contribution in [1.29, 1.82) is 0 Å². The first-order chi connectivity index (χ1) is 19.4. The molecule has 0 aliphatic carbocycles. The molecule has 0 aromatic heterocycles. The maximum atomic E-state index is 11.8. The van der Waals surface area contributed by atoms with Crippen LogP contribution in [0.2, 0.25) is 0 Å². The van der Waals surface area contributed by atoms with Crippen LogP contribution in [0.25, 0.3) is 0 Å². The highest BCUT2D eigenvalue weighted by Gasteiger charge is 2.29. The van der Waals surface area contributed by atoms with Gasteiger partial charge in [-0.25, -0.2) is 9.59 Å². The number of primary amides is 2. The van der Waals surface area contributed by atoms with Crippen LogP contribution < -0.4 is 21.3 Å². The molecule has 8 nitrogen and oxygen atoms in total. The summed E-state index contributed by atoms with van der Waals surface area (Å²) >= 11 is 4.24. The van der Waals surface area contributed by atoms with Crippen molar-refractivity contribution in [3.8, 4) is 0 Å². The standard InChI is InChI=1S/2C15H14N2O2.I2/c2*16-15(19)17-12-7-3-1-5-10(12)9-14(18)11-6-2-4-8-13(11)17;1-2/h2*1-8,14,18H,9H2,(H2,16,19);/t14-;;/m0../s1. The fourth-order valence-electron chi connectivity index (χ4n) is 5.12. The number of urea groups is 2. The van der Waals surface area contributed by atoms with Gasteiger partial charge in [0, 0.05) is 61.2 Å². The smallest absolute Gasteiger partial charge is 0.323 e. The molecule has 206 valence electrons. The minimum atomic E-state index is -0.637. The molecule has 4 amide bonds. The second-order valence-corrected chi connectivity index (χ2v) is 9.16. The van der Waals surface area contributed by atoms with E-state index in [1.54, 1.807) is 12.1 Å². The Bertz CT molecular complexity index is 1400. The first-order valence-electron chi connectivity index (χ1n) is 12.4. The van der Waals surface area contributed by atoms with Crippen molar-refractivity contribution in [3.63, 3.8) is 0 Å². The number of nitrogens with zero attached hydrogens (tertiary/aromatic N) is 2. The van der Waals surface area contributed by atoms with Crippen molar-refractivity contribution in [3.05, 3.63) is 119 Å². The molecular formula is C30H28I2N4O4. The van der Waals surface area contributed by atoms with Gasteiger partial charge in [-0.05, 0) is 35.4 Å². The van der Waals surface area contributed by atoms with Crippen molar-refractivity contribution in [2.24, 2.45) is 11.5 Å². The highest BCUT2D eigenvalue weighted by atomic mass is 128. The van der Waals surface area contributed by atoms with E-state index in [2.05, 4.69) is 37.2 Å². The number of carbonyl (C=O) groups is 2. The van der Waals surface area contributed by atoms with Gasteiger partial charge in [0.2, 0.25) is 0 Å². The fourth-order valence-corrected chi connectivity index (χ4v) is 5.12. The minimum absolute atomic E-state index is 0.469. The van der Waals surface area contributed by atoms with Gasteiger partial charge in [0.15, 0.2) is 0 Å². The van der Waals surface area contributed by atoms with E-state index >= 15 is 0 Å². The lowest BCUT2D eigenvalue weighted by Gasteiger charge is -2.22. The third-order valence-electron chi connectivity index (χ3n) is 6.81. The normalized spacial score (nSPS) is 16.6. The van der Waals surface area contributed by atoms with Crippen LogP contribution in [-0.2, 0) is 12.8 Å². The van der Waals surface area contributed by atoms with Crippen LogP contribution in [0.15, 0.2) is 97.1 Å². The highest BCUT2D eigenvalue weighted by molar-refractivity contribution is 15.0. The monoisotopic (exact) mass is 762 g/mol. The number of hydrogen-bond acceptors (Lipinski definition) is 4. The average Bonchev–Trinajstić information content (AvgIpc) is 3.18. The van der Waals surface area contributed by atoms with Crippen LogP contribution in [-0.4, -0.2) is 22.3 Å². The van der Waals surface area contributed by atoms with Gasteiger partial charge >= 0.3 is 12.1 Å². The summed E-state index contributed by atoms with van der Waals surface area (Å²) in [6, 6.07) is 28.5. The van der Waals surface area contributed by atoms with E-state index in [0.717, 1.165) is 33.6 Å². The number of aliphatic hydroxyl groups excluding tert-OH is 2. The van der Waals surface area contributed by atoms with Crippen molar-refractivity contribution in [2.75, 3.05) is 9.80 Å². The van der Waals surface area contributed by atoms with E-state index in [4.69, 9.17) is 11.5 Å². The summed E-state index contributed by atoms with van der Waals surface area (Å²) in [7, 11) is 0. The summed E-state index contributed by atoms with van der Waals surface area (Å²) in [5.74, 6) is 0. The molecule has 6 N–H and O–H groups in total. The number of aliphatic hydroxyl groups is 2. The van der Waals surface area contributed by atoms with Crippen LogP contribution in [0, 0.1) is 0 Å². The molecule has 4 aromatic carbocycles. The van der Waals surface area contributed by atoms with Crippen LogP contribution in [0.3, 0.4) is 0 Å². The Balaban J connectivity index is 0.000000174. The quantitative estimate of drug-likeness (QED) is 0.148. The molecule has 2 aliphatic heterocycles. The van der Waals surface area contributed by atoms with Gasteiger partial charge in [-0.15, -0.1) is 0 Å². The van der Waals surface area contributed by atoms with Gasteiger partial charge < -0.3 is 21.7 Å².